The van der Waals surface area contributed by atoms with Crippen molar-refractivity contribution in [2.75, 3.05) is 27.8 Å². The van der Waals surface area contributed by atoms with Crippen molar-refractivity contribution in [2.45, 2.75) is 38.4 Å². The van der Waals surface area contributed by atoms with E-state index in [0.29, 0.717) is 0 Å². The predicted molar refractivity (Wildman–Crippen MR) is 88.4 cm³/mol. The molecule has 0 aliphatic heterocycles. The van der Waals surface area contributed by atoms with Gasteiger partial charge >= 0.3 is 0 Å². The third-order valence-corrected chi connectivity index (χ3v) is 7.57. The Morgan fingerprint density at radius 2 is 1.32 bits per heavy atom. The van der Waals surface area contributed by atoms with E-state index in [1.165, 1.54) is 0 Å². The van der Waals surface area contributed by atoms with Crippen LogP contribution in [-0.4, -0.2) is 38.5 Å². The summed E-state index contributed by atoms with van der Waals surface area (Å²) in [5.74, 6) is 0. The molecule has 9 heteroatoms. The van der Waals surface area contributed by atoms with Crippen LogP contribution in [0.4, 0.5) is 0 Å². The van der Waals surface area contributed by atoms with Crippen molar-refractivity contribution in [3.05, 3.63) is 0 Å². The SMILES string of the molecule is CNP(NC)C(C)(C)OP(NC)C(C)(C)OP(C)N. The van der Waals surface area contributed by atoms with Crippen molar-refractivity contribution in [2.24, 2.45) is 5.50 Å². The summed E-state index contributed by atoms with van der Waals surface area (Å²) in [6.07, 6.45) is 0. The van der Waals surface area contributed by atoms with E-state index in [9.17, 15) is 0 Å². The molecule has 0 heterocycles. The van der Waals surface area contributed by atoms with Gasteiger partial charge < -0.3 is 9.05 Å². The maximum Gasteiger partial charge on any atom is 0.135 e. The first-order chi connectivity index (χ1) is 8.60. The van der Waals surface area contributed by atoms with Gasteiger partial charge in [-0.2, -0.15) is 0 Å². The second-order valence-corrected chi connectivity index (χ2v) is 11.1. The number of nitrogens with one attached hydrogen (secondary N) is 3. The Kier molecular flexibility index (Phi) is 8.95. The van der Waals surface area contributed by atoms with Gasteiger partial charge in [0.2, 0.25) is 0 Å². The summed E-state index contributed by atoms with van der Waals surface area (Å²) in [5.41, 5.74) is 5.80. The fraction of sp³-hybridized carbons (Fsp3) is 1.00. The monoisotopic (exact) mass is 330 g/mol. The minimum absolute atomic E-state index is 0.320. The summed E-state index contributed by atoms with van der Waals surface area (Å²) in [6, 6.07) is 0. The lowest BCUT2D eigenvalue weighted by atomic mass is 10.5. The molecule has 2 unspecified atom stereocenters. The van der Waals surface area contributed by atoms with E-state index in [2.05, 4.69) is 29.1 Å². The highest BCUT2D eigenvalue weighted by Crippen LogP contribution is 2.58. The molecule has 2 atom stereocenters. The van der Waals surface area contributed by atoms with Crippen LogP contribution < -0.4 is 20.8 Å². The Labute approximate surface area is 121 Å². The third-order valence-electron chi connectivity index (χ3n) is 2.36. The summed E-state index contributed by atoms with van der Waals surface area (Å²) in [4.78, 5) is 0. The van der Waals surface area contributed by atoms with Gasteiger partial charge in [0.25, 0.3) is 0 Å². The average Bonchev–Trinajstić information content (AvgIpc) is 2.25. The van der Waals surface area contributed by atoms with Gasteiger partial charge in [-0.15, -0.1) is 0 Å². The molecular formula is C10H29N4O2P3. The predicted octanol–water partition coefficient (Wildman–Crippen LogP) is 2.67. The van der Waals surface area contributed by atoms with Crippen LogP contribution in [-0.2, 0) is 9.05 Å². The Bertz CT molecular complexity index is 263. The zero-order chi connectivity index (χ0) is 15.3. The zero-order valence-corrected chi connectivity index (χ0v) is 15.9. The van der Waals surface area contributed by atoms with E-state index in [1.807, 2.05) is 41.7 Å². The van der Waals surface area contributed by atoms with Gasteiger partial charge in [-0.05, 0) is 55.5 Å². The van der Waals surface area contributed by atoms with Crippen molar-refractivity contribution in [3.63, 3.8) is 0 Å². The normalized spacial score (nSPS) is 16.7. The number of hydrogen-bond acceptors (Lipinski definition) is 6. The quantitative estimate of drug-likeness (QED) is 0.487. The Morgan fingerprint density at radius 1 is 0.842 bits per heavy atom. The van der Waals surface area contributed by atoms with Crippen molar-refractivity contribution >= 4 is 24.8 Å². The molecule has 0 aliphatic rings. The Morgan fingerprint density at radius 3 is 1.63 bits per heavy atom. The molecule has 0 spiro atoms. The van der Waals surface area contributed by atoms with Crippen LogP contribution in [0.5, 0.6) is 0 Å². The molecular weight excluding hydrogens is 301 g/mol. The third kappa shape index (κ3) is 6.56. The van der Waals surface area contributed by atoms with Crippen LogP contribution in [0.1, 0.15) is 27.7 Å². The molecule has 0 saturated carbocycles. The van der Waals surface area contributed by atoms with Gasteiger partial charge in [-0.25, -0.2) is 0 Å². The van der Waals surface area contributed by atoms with Crippen molar-refractivity contribution in [1.29, 1.82) is 0 Å². The lowest BCUT2D eigenvalue weighted by molar-refractivity contribution is 0.160. The summed E-state index contributed by atoms with van der Waals surface area (Å²) >= 11 is 0. The first-order valence-corrected chi connectivity index (χ1v) is 10.5. The van der Waals surface area contributed by atoms with Gasteiger partial charge in [0.1, 0.15) is 19.0 Å². The average molecular weight is 330 g/mol. The van der Waals surface area contributed by atoms with Crippen LogP contribution in [0.15, 0.2) is 0 Å². The van der Waals surface area contributed by atoms with Crippen LogP contribution in [0.3, 0.4) is 0 Å². The van der Waals surface area contributed by atoms with Gasteiger partial charge in [-0.3, -0.25) is 20.8 Å². The summed E-state index contributed by atoms with van der Waals surface area (Å²) in [7, 11) is 3.24. The molecule has 5 N–H and O–H groups in total. The first kappa shape index (κ1) is 20.1. The van der Waals surface area contributed by atoms with Crippen molar-refractivity contribution in [1.82, 2.24) is 15.3 Å². The lowest BCUT2D eigenvalue weighted by Gasteiger charge is -2.41. The van der Waals surface area contributed by atoms with Crippen LogP contribution in [0.25, 0.3) is 0 Å². The molecule has 0 aliphatic carbocycles. The van der Waals surface area contributed by atoms with E-state index in [-0.39, 0.29) is 5.34 Å². The summed E-state index contributed by atoms with van der Waals surface area (Å²) < 4.78 is 12.1. The van der Waals surface area contributed by atoms with Crippen LogP contribution in [0, 0.1) is 0 Å². The maximum atomic E-state index is 6.28. The number of rotatable bonds is 9. The van der Waals surface area contributed by atoms with Crippen molar-refractivity contribution in [3.8, 4) is 0 Å². The molecule has 0 radical (unpaired) electrons. The molecule has 0 rings (SSSR count). The van der Waals surface area contributed by atoms with Crippen LogP contribution in [0.2, 0.25) is 0 Å². The molecule has 0 fully saturated rings. The minimum Gasteiger partial charge on any atom is -0.330 e. The van der Waals surface area contributed by atoms with E-state index >= 15 is 0 Å². The molecule has 0 amide bonds. The van der Waals surface area contributed by atoms with Gasteiger partial charge in [0, 0.05) is 0 Å². The number of hydrogen-bond donors (Lipinski definition) is 4. The minimum atomic E-state index is -0.966. The Hall–Kier alpha value is 1.05. The zero-order valence-electron chi connectivity index (χ0n) is 13.2. The smallest absolute Gasteiger partial charge is 0.135 e. The maximum absolute atomic E-state index is 6.28. The fourth-order valence-corrected chi connectivity index (χ4v) is 6.29. The second kappa shape index (κ2) is 8.48. The summed E-state index contributed by atoms with van der Waals surface area (Å²) in [6.45, 7) is 10.1. The topological polar surface area (TPSA) is 80.6 Å². The van der Waals surface area contributed by atoms with E-state index in [0.717, 1.165) is 0 Å². The van der Waals surface area contributed by atoms with Gasteiger partial charge in [-0.1, -0.05) is 0 Å². The molecule has 116 valence electrons. The highest BCUT2D eigenvalue weighted by Gasteiger charge is 2.39. The van der Waals surface area contributed by atoms with E-state index in [1.54, 1.807) is 0 Å². The summed E-state index contributed by atoms with van der Waals surface area (Å²) in [5, 5.41) is 9.01. The van der Waals surface area contributed by atoms with Gasteiger partial charge in [0.05, 0.1) is 16.5 Å². The van der Waals surface area contributed by atoms with E-state index < -0.39 is 30.2 Å². The fourth-order valence-electron chi connectivity index (χ4n) is 1.73. The molecule has 0 aromatic carbocycles. The Balaban J connectivity index is 4.88. The highest BCUT2D eigenvalue weighted by molar-refractivity contribution is 7.57. The first-order valence-electron chi connectivity index (χ1n) is 6.10. The highest BCUT2D eigenvalue weighted by atomic mass is 31.2. The van der Waals surface area contributed by atoms with Gasteiger partial charge in [0.15, 0.2) is 0 Å². The molecule has 0 aromatic heterocycles. The van der Waals surface area contributed by atoms with Crippen LogP contribution >= 0.6 is 24.8 Å². The van der Waals surface area contributed by atoms with E-state index in [4.69, 9.17) is 14.6 Å². The molecule has 6 nitrogen and oxygen atoms in total. The lowest BCUT2D eigenvalue weighted by Crippen LogP contribution is -2.36. The molecule has 0 aromatic rings. The largest absolute Gasteiger partial charge is 0.330 e. The van der Waals surface area contributed by atoms with Crippen molar-refractivity contribution < 1.29 is 9.05 Å². The molecule has 19 heavy (non-hydrogen) atoms. The molecule has 0 saturated heterocycles. The molecule has 0 bridgehead atoms. The number of nitrogens with two attached hydrogens (primary N) is 1. The standard InChI is InChI=1S/C10H29N4O2P3/c1-9(2,18(12-5)13-6)16-19(14-7)10(3,4)15-17(8)11/h12-14H,11H2,1-8H3. The second-order valence-electron chi connectivity index (χ2n) is 4.92.